The minimum Gasteiger partial charge on any atom is -0.496 e. The van der Waals surface area contributed by atoms with Crippen molar-refractivity contribution in [3.8, 4) is 5.75 Å². The zero-order valence-electron chi connectivity index (χ0n) is 12.0. The summed E-state index contributed by atoms with van der Waals surface area (Å²) >= 11 is 0. The molecular weight excluding hydrogens is 279 g/mol. The van der Waals surface area contributed by atoms with Gasteiger partial charge in [-0.25, -0.2) is 0 Å². The summed E-state index contributed by atoms with van der Waals surface area (Å²) < 4.78 is 45.5. The van der Waals surface area contributed by atoms with Gasteiger partial charge in [-0.15, -0.1) is 0 Å². The highest BCUT2D eigenvalue weighted by atomic mass is 19.4. The van der Waals surface area contributed by atoms with E-state index < -0.39 is 12.2 Å². The molecule has 1 N–H and O–H groups in total. The maximum atomic E-state index is 13.5. The predicted molar refractivity (Wildman–Crippen MR) is 77.6 cm³/mol. The molecule has 0 saturated heterocycles. The quantitative estimate of drug-likeness (QED) is 0.880. The molecule has 0 fully saturated rings. The van der Waals surface area contributed by atoms with Gasteiger partial charge in [-0.05, 0) is 29.8 Å². The number of ether oxygens (including phenoxy) is 1. The summed E-state index contributed by atoms with van der Waals surface area (Å²) in [7, 11) is 1.39. The Morgan fingerprint density at radius 2 is 1.86 bits per heavy atom. The van der Waals surface area contributed by atoms with Gasteiger partial charge in [0.05, 0.1) is 7.11 Å². The highest BCUT2D eigenvalue weighted by Gasteiger charge is 2.42. The molecule has 0 amide bonds. The largest absolute Gasteiger partial charge is 0.496 e. The van der Waals surface area contributed by atoms with E-state index in [2.05, 4.69) is 5.32 Å². The second kappa shape index (κ2) is 6.35. The molecule has 114 valence electrons. The van der Waals surface area contributed by atoms with Crippen LogP contribution in [0, 0.1) is 0 Å². The molecule has 5 heteroatoms. The zero-order valence-corrected chi connectivity index (χ0v) is 12.0. The Morgan fingerprint density at radius 1 is 1.14 bits per heavy atom. The van der Waals surface area contributed by atoms with Crippen molar-refractivity contribution < 1.29 is 17.9 Å². The maximum absolute atomic E-state index is 13.5. The van der Waals surface area contributed by atoms with Crippen molar-refractivity contribution in [2.45, 2.75) is 25.6 Å². The Bertz CT molecular complexity index is 610. The third-order valence-corrected chi connectivity index (χ3v) is 3.37. The predicted octanol–water partition coefficient (Wildman–Crippen LogP) is 4.45. The summed E-state index contributed by atoms with van der Waals surface area (Å²) in [5, 5.41) is 3.91. The average Bonchev–Trinajstić information content (AvgIpc) is 2.46. The number of hydrogen-bond acceptors (Lipinski definition) is 2. The summed E-state index contributed by atoms with van der Waals surface area (Å²) in [4.78, 5) is 0. The number of nitrogens with one attached hydrogen (secondary N) is 1. The van der Waals surface area contributed by atoms with Crippen LogP contribution in [0.1, 0.15) is 24.9 Å². The van der Waals surface area contributed by atoms with Gasteiger partial charge in [0.25, 0.3) is 0 Å². The lowest BCUT2D eigenvalue weighted by Crippen LogP contribution is -2.35. The van der Waals surface area contributed by atoms with Crippen molar-refractivity contribution in [3.63, 3.8) is 0 Å². The molecule has 0 aliphatic carbocycles. The first kappa shape index (κ1) is 15.6. The van der Waals surface area contributed by atoms with Crippen LogP contribution in [0.4, 0.5) is 13.2 Å². The summed E-state index contributed by atoms with van der Waals surface area (Å²) in [6.07, 6.45) is -3.76. The van der Waals surface area contributed by atoms with Crippen LogP contribution in [0.25, 0.3) is 10.8 Å². The number of fused-ring (bicyclic) bond motifs is 1. The number of hydrogen-bond donors (Lipinski definition) is 1. The third-order valence-electron chi connectivity index (χ3n) is 3.37. The van der Waals surface area contributed by atoms with E-state index in [-0.39, 0.29) is 17.9 Å². The summed E-state index contributed by atoms with van der Waals surface area (Å²) in [5.41, 5.74) is 0.150. The summed E-state index contributed by atoms with van der Waals surface area (Å²) in [6, 6.07) is 8.65. The molecule has 1 unspecified atom stereocenters. The Hall–Kier alpha value is -1.75. The molecule has 0 bridgehead atoms. The lowest BCUT2D eigenvalue weighted by molar-refractivity contribution is -0.157. The first-order valence-corrected chi connectivity index (χ1v) is 6.84. The van der Waals surface area contributed by atoms with E-state index in [9.17, 15) is 13.2 Å². The molecular formula is C16H18F3NO. The van der Waals surface area contributed by atoms with Crippen molar-refractivity contribution in [2.75, 3.05) is 13.7 Å². The fourth-order valence-electron chi connectivity index (χ4n) is 2.42. The van der Waals surface area contributed by atoms with Gasteiger partial charge in [0, 0.05) is 5.56 Å². The Morgan fingerprint density at radius 3 is 2.48 bits per heavy atom. The molecule has 2 nitrogen and oxygen atoms in total. The van der Waals surface area contributed by atoms with E-state index in [0.29, 0.717) is 11.8 Å². The van der Waals surface area contributed by atoms with E-state index in [1.807, 2.05) is 6.92 Å². The van der Waals surface area contributed by atoms with Crippen LogP contribution in [0.2, 0.25) is 0 Å². The van der Waals surface area contributed by atoms with Crippen LogP contribution in [-0.4, -0.2) is 19.8 Å². The summed E-state index contributed by atoms with van der Waals surface area (Å²) in [6.45, 7) is 2.12. The number of halogens is 3. The van der Waals surface area contributed by atoms with Crippen LogP contribution >= 0.6 is 0 Å². The minimum atomic E-state index is -4.38. The topological polar surface area (TPSA) is 21.3 Å². The molecule has 1 atom stereocenters. The Kier molecular flexibility index (Phi) is 4.73. The molecule has 0 aromatic heterocycles. The van der Waals surface area contributed by atoms with Gasteiger partial charge in [0.15, 0.2) is 0 Å². The molecule has 2 rings (SSSR count). The molecule has 0 heterocycles. The monoisotopic (exact) mass is 297 g/mol. The number of rotatable bonds is 5. The molecule has 0 radical (unpaired) electrons. The molecule has 0 aliphatic rings. The number of alkyl halides is 3. The number of methoxy groups -OCH3 is 1. The van der Waals surface area contributed by atoms with Gasteiger partial charge in [0.2, 0.25) is 0 Å². The van der Waals surface area contributed by atoms with E-state index in [0.717, 1.165) is 5.39 Å². The molecule has 21 heavy (non-hydrogen) atoms. The lowest BCUT2D eigenvalue weighted by Gasteiger charge is -2.25. The first-order chi connectivity index (χ1) is 9.99. The van der Waals surface area contributed by atoms with E-state index in [4.69, 9.17) is 4.74 Å². The Labute approximate surface area is 121 Å². The normalized spacial score (nSPS) is 13.4. The van der Waals surface area contributed by atoms with E-state index in [1.54, 1.807) is 36.4 Å². The van der Waals surface area contributed by atoms with Crippen molar-refractivity contribution in [1.29, 1.82) is 0 Å². The van der Waals surface area contributed by atoms with Crippen molar-refractivity contribution in [1.82, 2.24) is 5.32 Å². The third kappa shape index (κ3) is 3.29. The van der Waals surface area contributed by atoms with Gasteiger partial charge in [0.1, 0.15) is 11.8 Å². The van der Waals surface area contributed by atoms with Crippen LogP contribution in [0.5, 0.6) is 5.75 Å². The van der Waals surface area contributed by atoms with Crippen LogP contribution in [0.3, 0.4) is 0 Å². The smallest absolute Gasteiger partial charge is 0.408 e. The van der Waals surface area contributed by atoms with Gasteiger partial charge < -0.3 is 10.1 Å². The average molecular weight is 297 g/mol. The van der Waals surface area contributed by atoms with Crippen LogP contribution in [-0.2, 0) is 0 Å². The second-order valence-electron chi connectivity index (χ2n) is 4.83. The SMILES string of the molecule is CCCNC(c1c(OC)ccc2ccccc12)C(F)(F)F. The van der Waals surface area contributed by atoms with Gasteiger partial charge in [-0.1, -0.05) is 37.3 Å². The minimum absolute atomic E-state index is 0.150. The van der Waals surface area contributed by atoms with Gasteiger partial charge in [-0.3, -0.25) is 0 Å². The van der Waals surface area contributed by atoms with Gasteiger partial charge in [-0.2, -0.15) is 13.2 Å². The summed E-state index contributed by atoms with van der Waals surface area (Å²) in [5.74, 6) is 0.250. The van der Waals surface area contributed by atoms with Crippen LogP contribution in [0.15, 0.2) is 36.4 Å². The molecule has 0 saturated carbocycles. The number of benzene rings is 2. The standard InChI is InChI=1S/C16H18F3NO/c1-3-10-20-15(16(17,18)19)14-12-7-5-4-6-11(12)8-9-13(14)21-2/h4-9,15,20H,3,10H2,1-2H3. The molecule has 0 aliphatic heterocycles. The van der Waals surface area contributed by atoms with Gasteiger partial charge >= 0.3 is 6.18 Å². The first-order valence-electron chi connectivity index (χ1n) is 6.84. The van der Waals surface area contributed by atoms with E-state index in [1.165, 1.54) is 7.11 Å². The second-order valence-corrected chi connectivity index (χ2v) is 4.83. The van der Waals surface area contributed by atoms with Crippen LogP contribution < -0.4 is 10.1 Å². The fourth-order valence-corrected chi connectivity index (χ4v) is 2.42. The highest BCUT2D eigenvalue weighted by Crippen LogP contribution is 2.41. The zero-order chi connectivity index (χ0) is 15.5. The molecule has 2 aromatic rings. The Balaban J connectivity index is 2.64. The van der Waals surface area contributed by atoms with Crippen molar-refractivity contribution >= 4 is 10.8 Å². The lowest BCUT2D eigenvalue weighted by atomic mass is 9.97. The molecule has 0 spiro atoms. The molecule has 2 aromatic carbocycles. The fraction of sp³-hybridized carbons (Fsp3) is 0.375. The highest BCUT2D eigenvalue weighted by molar-refractivity contribution is 5.88. The van der Waals surface area contributed by atoms with E-state index >= 15 is 0 Å². The maximum Gasteiger partial charge on any atom is 0.408 e. The van der Waals surface area contributed by atoms with Crippen molar-refractivity contribution in [3.05, 3.63) is 42.0 Å². The van der Waals surface area contributed by atoms with Crippen molar-refractivity contribution in [2.24, 2.45) is 0 Å².